The summed E-state index contributed by atoms with van der Waals surface area (Å²) in [5.41, 5.74) is 0.250. The van der Waals surface area contributed by atoms with Crippen LogP contribution in [0.4, 0.5) is 11.4 Å². The van der Waals surface area contributed by atoms with Gasteiger partial charge in [0.05, 0.1) is 24.8 Å². The van der Waals surface area contributed by atoms with Gasteiger partial charge >= 0.3 is 0 Å². The summed E-state index contributed by atoms with van der Waals surface area (Å²) in [4.78, 5) is 23.6. The molecule has 9 heteroatoms. The average molecular weight is 394 g/mol. The minimum atomic E-state index is -3.41. The molecule has 1 aromatic heterocycles. The van der Waals surface area contributed by atoms with E-state index in [0.717, 1.165) is 24.2 Å². The van der Waals surface area contributed by atoms with Gasteiger partial charge in [-0.3, -0.25) is 14.9 Å². The molecule has 1 amide bonds. The van der Waals surface area contributed by atoms with Crippen LogP contribution in [0, 0.1) is 17.0 Å². The van der Waals surface area contributed by atoms with Crippen molar-refractivity contribution in [3.63, 3.8) is 0 Å². The second kappa shape index (κ2) is 7.16. The molecule has 1 fully saturated rings. The highest BCUT2D eigenvalue weighted by Gasteiger charge is 2.30. The highest BCUT2D eigenvalue weighted by atomic mass is 32.2. The fourth-order valence-corrected chi connectivity index (χ4v) is 5.88. The number of amides is 1. The molecule has 138 valence electrons. The van der Waals surface area contributed by atoms with Gasteiger partial charge in [0.15, 0.2) is 9.84 Å². The smallest absolute Gasteiger partial charge is 0.283 e. The Balaban J connectivity index is 1.81. The quantitative estimate of drug-likeness (QED) is 0.611. The van der Waals surface area contributed by atoms with E-state index in [4.69, 9.17) is 0 Å². The molecule has 0 bridgehead atoms. The third-order valence-electron chi connectivity index (χ3n) is 4.47. The van der Waals surface area contributed by atoms with Crippen LogP contribution in [0.15, 0.2) is 35.2 Å². The van der Waals surface area contributed by atoms with Crippen LogP contribution in [-0.2, 0) is 9.84 Å². The fraction of sp³-hybridized carbons (Fsp3) is 0.353. The van der Waals surface area contributed by atoms with Crippen molar-refractivity contribution in [3.8, 4) is 0 Å². The molecule has 1 aliphatic rings. The van der Waals surface area contributed by atoms with Gasteiger partial charge in [0.25, 0.3) is 11.6 Å². The Morgan fingerprint density at radius 3 is 2.58 bits per heavy atom. The van der Waals surface area contributed by atoms with Crippen molar-refractivity contribution in [2.45, 2.75) is 42.8 Å². The van der Waals surface area contributed by atoms with E-state index in [-0.39, 0.29) is 20.7 Å². The lowest BCUT2D eigenvalue weighted by Crippen LogP contribution is -2.18. The number of carbonyl (C=O) groups excluding carboxylic acids is 1. The molecule has 1 saturated carbocycles. The number of sulfone groups is 1. The number of hydrogen-bond donors (Lipinski definition) is 1. The number of carbonyl (C=O) groups is 1. The van der Waals surface area contributed by atoms with E-state index in [1.807, 2.05) is 0 Å². The number of anilines is 1. The first-order valence-electron chi connectivity index (χ1n) is 8.19. The van der Waals surface area contributed by atoms with Gasteiger partial charge in [0.1, 0.15) is 0 Å². The van der Waals surface area contributed by atoms with Gasteiger partial charge in [0, 0.05) is 11.8 Å². The van der Waals surface area contributed by atoms with Gasteiger partial charge in [-0.1, -0.05) is 18.9 Å². The van der Waals surface area contributed by atoms with Crippen molar-refractivity contribution in [2.24, 2.45) is 0 Å². The Hall–Kier alpha value is -2.26. The Bertz CT molecular complexity index is 959. The van der Waals surface area contributed by atoms with Gasteiger partial charge in [-0.25, -0.2) is 8.42 Å². The third kappa shape index (κ3) is 3.63. The Morgan fingerprint density at radius 2 is 1.96 bits per heavy atom. The van der Waals surface area contributed by atoms with Gasteiger partial charge in [-0.05, 0) is 38.0 Å². The van der Waals surface area contributed by atoms with Crippen LogP contribution in [0.5, 0.6) is 0 Å². The van der Waals surface area contributed by atoms with Crippen LogP contribution in [0.2, 0.25) is 0 Å². The van der Waals surface area contributed by atoms with Crippen molar-refractivity contribution < 1.29 is 18.1 Å². The van der Waals surface area contributed by atoms with Crippen molar-refractivity contribution in [1.29, 1.82) is 0 Å². The monoisotopic (exact) mass is 394 g/mol. The lowest BCUT2D eigenvalue weighted by atomic mass is 10.3. The summed E-state index contributed by atoms with van der Waals surface area (Å²) in [5, 5.41) is 13.2. The number of aryl methyl sites for hydroxylation is 1. The second-order valence-corrected chi connectivity index (χ2v) is 9.73. The lowest BCUT2D eigenvalue weighted by Gasteiger charge is -2.12. The maximum Gasteiger partial charge on any atom is 0.283 e. The molecule has 0 aliphatic heterocycles. The first-order valence-corrected chi connectivity index (χ1v) is 10.6. The minimum Gasteiger partial charge on any atom is -0.321 e. The summed E-state index contributed by atoms with van der Waals surface area (Å²) < 4.78 is 25.4. The number of nitro groups is 1. The van der Waals surface area contributed by atoms with E-state index < -0.39 is 20.7 Å². The molecular formula is C17H18N2O5S2. The molecule has 26 heavy (non-hydrogen) atoms. The van der Waals surface area contributed by atoms with E-state index in [1.54, 1.807) is 19.1 Å². The first kappa shape index (κ1) is 18.5. The fourth-order valence-electron chi connectivity index (χ4n) is 3.10. The molecule has 0 saturated heterocycles. The predicted molar refractivity (Wildman–Crippen MR) is 99.5 cm³/mol. The SMILES string of the molecule is Cc1sc(C(=O)Nc2cccc(S(=O)(=O)C3CCCC3)c2)cc1[N+](=O)[O-]. The molecule has 7 nitrogen and oxygen atoms in total. The number of hydrogen-bond acceptors (Lipinski definition) is 6. The van der Waals surface area contributed by atoms with E-state index in [1.165, 1.54) is 18.2 Å². The molecule has 0 unspecified atom stereocenters. The van der Waals surface area contributed by atoms with Crippen molar-refractivity contribution >= 4 is 38.5 Å². The maximum absolute atomic E-state index is 12.7. The number of thiophene rings is 1. The number of nitrogens with one attached hydrogen (secondary N) is 1. The first-order chi connectivity index (χ1) is 12.3. The normalized spacial score (nSPS) is 15.1. The standard InChI is InChI=1S/C17H18N2O5S2/c1-11-15(19(21)22)10-16(25-11)17(20)18-12-5-4-8-14(9-12)26(23,24)13-6-2-3-7-13/h4-5,8-10,13H,2-3,6-7H2,1H3,(H,18,20). The Morgan fingerprint density at radius 1 is 1.27 bits per heavy atom. The summed E-state index contributed by atoms with van der Waals surface area (Å²) in [5.74, 6) is -0.499. The number of nitrogens with zero attached hydrogens (tertiary/aromatic N) is 1. The molecule has 0 spiro atoms. The molecule has 2 aromatic rings. The third-order valence-corrected chi connectivity index (χ3v) is 7.77. The zero-order valence-electron chi connectivity index (χ0n) is 14.1. The largest absolute Gasteiger partial charge is 0.321 e. The van der Waals surface area contributed by atoms with Crippen LogP contribution in [0.25, 0.3) is 0 Å². The van der Waals surface area contributed by atoms with Gasteiger partial charge < -0.3 is 5.32 Å². The predicted octanol–water partition coefficient (Wildman–Crippen LogP) is 3.93. The zero-order valence-corrected chi connectivity index (χ0v) is 15.7. The molecule has 1 N–H and O–H groups in total. The van der Waals surface area contributed by atoms with E-state index >= 15 is 0 Å². The van der Waals surface area contributed by atoms with Crippen LogP contribution in [0.3, 0.4) is 0 Å². The van der Waals surface area contributed by atoms with Crippen molar-refractivity contribution in [1.82, 2.24) is 0 Å². The van der Waals surface area contributed by atoms with E-state index in [9.17, 15) is 23.3 Å². The molecule has 1 aromatic carbocycles. The molecular weight excluding hydrogens is 376 g/mol. The maximum atomic E-state index is 12.7. The summed E-state index contributed by atoms with van der Waals surface area (Å²) >= 11 is 1.03. The van der Waals surface area contributed by atoms with Gasteiger partial charge in [-0.2, -0.15) is 0 Å². The topological polar surface area (TPSA) is 106 Å². The lowest BCUT2D eigenvalue weighted by molar-refractivity contribution is -0.385. The van der Waals surface area contributed by atoms with Gasteiger partial charge in [0.2, 0.25) is 0 Å². The average Bonchev–Trinajstić information content (AvgIpc) is 3.25. The number of benzene rings is 1. The number of rotatable bonds is 5. The molecule has 3 rings (SSSR count). The van der Waals surface area contributed by atoms with Crippen LogP contribution < -0.4 is 5.32 Å². The van der Waals surface area contributed by atoms with E-state index in [2.05, 4.69) is 5.32 Å². The highest BCUT2D eigenvalue weighted by molar-refractivity contribution is 7.92. The van der Waals surface area contributed by atoms with Crippen LogP contribution in [-0.4, -0.2) is 24.5 Å². The van der Waals surface area contributed by atoms with Crippen molar-refractivity contribution in [2.75, 3.05) is 5.32 Å². The van der Waals surface area contributed by atoms with Gasteiger partial charge in [-0.15, -0.1) is 11.3 Å². The molecule has 1 aliphatic carbocycles. The Labute approximate surface area is 155 Å². The second-order valence-electron chi connectivity index (χ2n) is 6.24. The highest BCUT2D eigenvalue weighted by Crippen LogP contribution is 2.31. The zero-order chi connectivity index (χ0) is 18.9. The summed E-state index contributed by atoms with van der Waals surface area (Å²) in [7, 11) is -3.41. The molecule has 0 radical (unpaired) electrons. The van der Waals surface area contributed by atoms with Crippen LogP contribution >= 0.6 is 11.3 Å². The van der Waals surface area contributed by atoms with Crippen LogP contribution in [0.1, 0.15) is 40.2 Å². The molecule has 0 atom stereocenters. The van der Waals surface area contributed by atoms with E-state index in [0.29, 0.717) is 23.4 Å². The summed E-state index contributed by atoms with van der Waals surface area (Å²) in [6, 6.07) is 7.39. The summed E-state index contributed by atoms with van der Waals surface area (Å²) in [6.07, 6.45) is 3.15. The summed E-state index contributed by atoms with van der Waals surface area (Å²) in [6.45, 7) is 1.58. The Kier molecular flexibility index (Phi) is 5.10. The van der Waals surface area contributed by atoms with Crippen molar-refractivity contribution in [3.05, 3.63) is 50.2 Å². The minimum absolute atomic E-state index is 0.0993. The molecule has 1 heterocycles.